The van der Waals surface area contributed by atoms with Crippen LogP contribution in [0.15, 0.2) is 42.0 Å². The van der Waals surface area contributed by atoms with Crippen molar-refractivity contribution in [1.82, 2.24) is 0 Å². The molecular weight excluding hydrogens is 196 g/mol. The molecule has 1 unspecified atom stereocenters. The fourth-order valence-electron chi connectivity index (χ4n) is 1.73. The van der Waals surface area contributed by atoms with Crippen LogP contribution in [0.1, 0.15) is 38.7 Å². The van der Waals surface area contributed by atoms with Crippen LogP contribution >= 0.6 is 0 Å². The highest BCUT2D eigenvalue weighted by molar-refractivity contribution is 5.15. The molecule has 0 radical (unpaired) electrons. The summed E-state index contributed by atoms with van der Waals surface area (Å²) in [6, 6.07) is 10.5. The topological polar surface area (TPSA) is 20.2 Å². The van der Waals surface area contributed by atoms with Crippen LogP contribution in [-0.4, -0.2) is 11.2 Å². The molecule has 0 spiro atoms. The standard InChI is InChI=1S/C15H22O/c1-3-15(16)12-13(2)8-7-11-14-9-5-4-6-10-14/h4-6,8-10,15-16H,3,7,11-12H2,1-2H3/b13-8+. The lowest BCUT2D eigenvalue weighted by Crippen LogP contribution is -2.04. The van der Waals surface area contributed by atoms with Crippen LogP contribution in [0.2, 0.25) is 0 Å². The lowest BCUT2D eigenvalue weighted by Gasteiger charge is -2.07. The van der Waals surface area contributed by atoms with E-state index in [0.717, 1.165) is 25.7 Å². The Morgan fingerprint density at radius 2 is 2.00 bits per heavy atom. The second kappa shape index (κ2) is 7.24. The quantitative estimate of drug-likeness (QED) is 0.721. The maximum absolute atomic E-state index is 9.50. The number of aliphatic hydroxyl groups excluding tert-OH is 1. The predicted molar refractivity (Wildman–Crippen MR) is 69.4 cm³/mol. The van der Waals surface area contributed by atoms with Gasteiger partial charge in [-0.25, -0.2) is 0 Å². The van der Waals surface area contributed by atoms with E-state index in [9.17, 15) is 5.11 Å². The first-order valence-corrected chi connectivity index (χ1v) is 6.10. The molecule has 1 nitrogen and oxygen atoms in total. The smallest absolute Gasteiger partial charge is 0.0574 e. The minimum Gasteiger partial charge on any atom is -0.393 e. The van der Waals surface area contributed by atoms with Gasteiger partial charge in [-0.15, -0.1) is 0 Å². The summed E-state index contributed by atoms with van der Waals surface area (Å²) in [6.07, 6.45) is 5.86. The third kappa shape index (κ3) is 5.13. The molecular formula is C15H22O. The fraction of sp³-hybridized carbons (Fsp3) is 0.467. The van der Waals surface area contributed by atoms with Gasteiger partial charge in [-0.3, -0.25) is 0 Å². The monoisotopic (exact) mass is 218 g/mol. The second-order valence-electron chi connectivity index (χ2n) is 4.34. The van der Waals surface area contributed by atoms with Gasteiger partial charge in [0, 0.05) is 0 Å². The summed E-state index contributed by atoms with van der Waals surface area (Å²) < 4.78 is 0. The van der Waals surface area contributed by atoms with Crippen LogP contribution in [0.25, 0.3) is 0 Å². The number of hydrogen-bond donors (Lipinski definition) is 1. The van der Waals surface area contributed by atoms with Crippen molar-refractivity contribution in [2.75, 3.05) is 0 Å². The van der Waals surface area contributed by atoms with Gasteiger partial charge in [-0.1, -0.05) is 48.9 Å². The van der Waals surface area contributed by atoms with E-state index in [-0.39, 0.29) is 6.10 Å². The van der Waals surface area contributed by atoms with E-state index < -0.39 is 0 Å². The lowest BCUT2D eigenvalue weighted by molar-refractivity contribution is 0.170. The molecule has 0 bridgehead atoms. The average Bonchev–Trinajstić information content (AvgIpc) is 2.30. The first-order valence-electron chi connectivity index (χ1n) is 6.10. The average molecular weight is 218 g/mol. The van der Waals surface area contributed by atoms with Crippen molar-refractivity contribution in [3.63, 3.8) is 0 Å². The molecule has 0 saturated carbocycles. The number of benzene rings is 1. The van der Waals surface area contributed by atoms with Crippen molar-refractivity contribution >= 4 is 0 Å². The van der Waals surface area contributed by atoms with Gasteiger partial charge in [0.15, 0.2) is 0 Å². The van der Waals surface area contributed by atoms with Crippen molar-refractivity contribution in [2.24, 2.45) is 0 Å². The SMILES string of the molecule is CCC(O)C/C(C)=C/CCc1ccccc1. The normalized spacial score (nSPS) is 13.8. The Bertz CT molecular complexity index is 313. The van der Waals surface area contributed by atoms with Crippen LogP contribution in [0.3, 0.4) is 0 Å². The van der Waals surface area contributed by atoms with Crippen LogP contribution in [-0.2, 0) is 6.42 Å². The molecule has 1 heteroatoms. The molecule has 0 aliphatic rings. The van der Waals surface area contributed by atoms with Crippen molar-refractivity contribution in [3.8, 4) is 0 Å². The first-order chi connectivity index (χ1) is 7.72. The minimum atomic E-state index is -0.173. The van der Waals surface area contributed by atoms with Gasteiger partial charge >= 0.3 is 0 Å². The molecule has 0 fully saturated rings. The molecule has 16 heavy (non-hydrogen) atoms. The van der Waals surface area contributed by atoms with Crippen molar-refractivity contribution < 1.29 is 5.11 Å². The van der Waals surface area contributed by atoms with E-state index in [1.807, 2.05) is 13.0 Å². The van der Waals surface area contributed by atoms with Crippen molar-refractivity contribution in [1.29, 1.82) is 0 Å². The number of allylic oxidation sites excluding steroid dienone is 1. The van der Waals surface area contributed by atoms with E-state index >= 15 is 0 Å². The van der Waals surface area contributed by atoms with Gasteiger partial charge in [0.05, 0.1) is 6.10 Å². The Balaban J connectivity index is 2.31. The first kappa shape index (κ1) is 13.0. The summed E-state index contributed by atoms with van der Waals surface area (Å²) in [5.41, 5.74) is 2.67. The molecule has 0 saturated heterocycles. The van der Waals surface area contributed by atoms with Crippen LogP contribution < -0.4 is 0 Å². The predicted octanol–water partition coefficient (Wildman–Crippen LogP) is 3.73. The Morgan fingerprint density at radius 1 is 1.31 bits per heavy atom. The highest BCUT2D eigenvalue weighted by atomic mass is 16.3. The van der Waals surface area contributed by atoms with E-state index in [0.29, 0.717) is 0 Å². The largest absolute Gasteiger partial charge is 0.393 e. The maximum Gasteiger partial charge on any atom is 0.0574 e. The third-order valence-corrected chi connectivity index (χ3v) is 2.80. The van der Waals surface area contributed by atoms with Gasteiger partial charge in [0.25, 0.3) is 0 Å². The highest BCUT2D eigenvalue weighted by Gasteiger charge is 2.00. The highest BCUT2D eigenvalue weighted by Crippen LogP contribution is 2.10. The molecule has 1 aromatic carbocycles. The Kier molecular flexibility index (Phi) is 5.87. The summed E-state index contributed by atoms with van der Waals surface area (Å²) in [4.78, 5) is 0. The number of hydrogen-bond acceptors (Lipinski definition) is 1. The van der Waals surface area contributed by atoms with E-state index in [2.05, 4.69) is 37.3 Å². The maximum atomic E-state index is 9.50. The molecule has 0 heterocycles. The van der Waals surface area contributed by atoms with Gasteiger partial charge < -0.3 is 5.11 Å². The molecule has 88 valence electrons. The minimum absolute atomic E-state index is 0.173. The molecule has 0 amide bonds. The lowest BCUT2D eigenvalue weighted by atomic mass is 10.0. The summed E-state index contributed by atoms with van der Waals surface area (Å²) in [6.45, 7) is 4.12. The summed E-state index contributed by atoms with van der Waals surface area (Å²) in [5.74, 6) is 0. The number of aliphatic hydroxyl groups is 1. The van der Waals surface area contributed by atoms with Crippen molar-refractivity contribution in [2.45, 2.75) is 45.6 Å². The van der Waals surface area contributed by atoms with Gasteiger partial charge in [0.1, 0.15) is 0 Å². The zero-order chi connectivity index (χ0) is 11.8. The third-order valence-electron chi connectivity index (χ3n) is 2.80. The Morgan fingerprint density at radius 3 is 2.62 bits per heavy atom. The summed E-state index contributed by atoms with van der Waals surface area (Å²) >= 11 is 0. The molecule has 1 N–H and O–H groups in total. The fourth-order valence-corrected chi connectivity index (χ4v) is 1.73. The second-order valence-corrected chi connectivity index (χ2v) is 4.34. The van der Waals surface area contributed by atoms with Gasteiger partial charge in [-0.2, -0.15) is 0 Å². The van der Waals surface area contributed by atoms with Crippen LogP contribution in [0.5, 0.6) is 0 Å². The van der Waals surface area contributed by atoms with Gasteiger partial charge in [-0.05, 0) is 38.2 Å². The van der Waals surface area contributed by atoms with Crippen LogP contribution in [0, 0.1) is 0 Å². The molecule has 1 aromatic rings. The van der Waals surface area contributed by atoms with E-state index in [1.165, 1.54) is 11.1 Å². The molecule has 0 aromatic heterocycles. The number of aryl methyl sites for hydroxylation is 1. The summed E-state index contributed by atoms with van der Waals surface area (Å²) in [7, 11) is 0. The van der Waals surface area contributed by atoms with Crippen molar-refractivity contribution in [3.05, 3.63) is 47.5 Å². The summed E-state index contributed by atoms with van der Waals surface area (Å²) in [5, 5.41) is 9.50. The van der Waals surface area contributed by atoms with Crippen LogP contribution in [0.4, 0.5) is 0 Å². The van der Waals surface area contributed by atoms with Gasteiger partial charge in [0.2, 0.25) is 0 Å². The van der Waals surface area contributed by atoms with E-state index in [4.69, 9.17) is 0 Å². The Hall–Kier alpha value is -1.08. The Labute approximate surface area is 98.8 Å². The molecule has 1 atom stereocenters. The zero-order valence-corrected chi connectivity index (χ0v) is 10.3. The molecule has 1 rings (SSSR count). The molecule has 0 aliphatic carbocycles. The van der Waals surface area contributed by atoms with E-state index in [1.54, 1.807) is 0 Å². The number of rotatable bonds is 6. The molecule has 0 aliphatic heterocycles. The zero-order valence-electron chi connectivity index (χ0n) is 10.3.